The fourth-order valence-electron chi connectivity index (χ4n) is 1.78. The fraction of sp³-hybridized carbons (Fsp3) is 0.417. The monoisotopic (exact) mass is 222 g/mol. The van der Waals surface area contributed by atoms with E-state index >= 15 is 0 Å². The molecule has 1 aromatic rings. The van der Waals surface area contributed by atoms with Crippen LogP contribution in [0.25, 0.3) is 0 Å². The normalized spacial score (nSPS) is 19.8. The lowest BCUT2D eigenvalue weighted by atomic mass is 10.1. The van der Waals surface area contributed by atoms with Gasteiger partial charge in [0.25, 0.3) is 5.91 Å². The first kappa shape index (κ1) is 11.1. The molecule has 4 heteroatoms. The van der Waals surface area contributed by atoms with Gasteiger partial charge >= 0.3 is 0 Å². The topological polar surface area (TPSA) is 41.1 Å². The average Bonchev–Trinajstić information content (AvgIpc) is 2.74. The predicted molar refractivity (Wildman–Crippen MR) is 59.9 cm³/mol. The van der Waals surface area contributed by atoms with Crippen LogP contribution in [0.1, 0.15) is 22.3 Å². The number of aryl methyl sites for hydroxylation is 1. The van der Waals surface area contributed by atoms with Crippen molar-refractivity contribution in [1.29, 1.82) is 0 Å². The van der Waals surface area contributed by atoms with Gasteiger partial charge in [-0.05, 0) is 37.6 Å². The Labute approximate surface area is 94.0 Å². The summed E-state index contributed by atoms with van der Waals surface area (Å²) in [4.78, 5) is 11.8. The van der Waals surface area contributed by atoms with Gasteiger partial charge in [0.1, 0.15) is 5.82 Å². The van der Waals surface area contributed by atoms with Crippen molar-refractivity contribution in [1.82, 2.24) is 10.6 Å². The van der Waals surface area contributed by atoms with Gasteiger partial charge in [-0.3, -0.25) is 4.79 Å². The van der Waals surface area contributed by atoms with E-state index < -0.39 is 0 Å². The molecule has 3 nitrogen and oxygen atoms in total. The first-order valence-electron chi connectivity index (χ1n) is 5.44. The summed E-state index contributed by atoms with van der Waals surface area (Å²) < 4.78 is 13.3. The number of carbonyl (C=O) groups is 1. The Morgan fingerprint density at radius 3 is 3.00 bits per heavy atom. The maximum absolute atomic E-state index is 13.3. The van der Waals surface area contributed by atoms with E-state index in [4.69, 9.17) is 0 Å². The molecule has 1 atom stereocenters. The molecule has 0 spiro atoms. The Balaban J connectivity index is 2.05. The van der Waals surface area contributed by atoms with Crippen molar-refractivity contribution in [2.75, 3.05) is 13.1 Å². The zero-order valence-electron chi connectivity index (χ0n) is 9.22. The van der Waals surface area contributed by atoms with E-state index in [0.29, 0.717) is 11.1 Å². The number of rotatable bonds is 2. The van der Waals surface area contributed by atoms with Gasteiger partial charge in [-0.2, -0.15) is 0 Å². The predicted octanol–water partition coefficient (Wildman–Crippen LogP) is 1.23. The van der Waals surface area contributed by atoms with Crippen molar-refractivity contribution < 1.29 is 9.18 Å². The average molecular weight is 222 g/mol. The molecule has 0 radical (unpaired) electrons. The zero-order valence-corrected chi connectivity index (χ0v) is 9.22. The molecule has 1 heterocycles. The van der Waals surface area contributed by atoms with Crippen LogP contribution >= 0.6 is 0 Å². The zero-order chi connectivity index (χ0) is 11.5. The maximum Gasteiger partial charge on any atom is 0.251 e. The number of nitrogens with one attached hydrogen (secondary N) is 2. The largest absolute Gasteiger partial charge is 0.348 e. The van der Waals surface area contributed by atoms with Gasteiger partial charge in [-0.25, -0.2) is 4.39 Å². The molecule has 0 bridgehead atoms. The standard InChI is InChI=1S/C12H15FN2O/c1-8-2-3-9(6-11(8)13)12(16)15-10-4-5-14-7-10/h2-3,6,10,14H,4-5,7H2,1H3,(H,15,16)/t10-/m1/s1. The summed E-state index contributed by atoms with van der Waals surface area (Å²) in [7, 11) is 0. The first-order chi connectivity index (χ1) is 7.66. The molecular weight excluding hydrogens is 207 g/mol. The summed E-state index contributed by atoms with van der Waals surface area (Å²) in [5, 5.41) is 6.03. The third-order valence-electron chi connectivity index (χ3n) is 2.83. The molecule has 0 aromatic heterocycles. The highest BCUT2D eigenvalue weighted by Crippen LogP contribution is 2.09. The van der Waals surface area contributed by atoms with Crippen molar-refractivity contribution >= 4 is 5.91 Å². The second-order valence-electron chi connectivity index (χ2n) is 4.13. The van der Waals surface area contributed by atoms with Crippen LogP contribution < -0.4 is 10.6 Å². The van der Waals surface area contributed by atoms with Crippen LogP contribution in [-0.4, -0.2) is 25.0 Å². The van der Waals surface area contributed by atoms with Crippen LogP contribution in [0.3, 0.4) is 0 Å². The molecule has 2 rings (SSSR count). The van der Waals surface area contributed by atoms with Gasteiger partial charge in [0.05, 0.1) is 0 Å². The third-order valence-corrected chi connectivity index (χ3v) is 2.83. The number of benzene rings is 1. The van der Waals surface area contributed by atoms with Gasteiger partial charge in [-0.15, -0.1) is 0 Å². The summed E-state index contributed by atoms with van der Waals surface area (Å²) in [6, 6.07) is 4.72. The number of amides is 1. The minimum Gasteiger partial charge on any atom is -0.348 e. The van der Waals surface area contributed by atoms with Gasteiger partial charge in [0, 0.05) is 18.2 Å². The molecule has 0 unspecified atom stereocenters. The van der Waals surface area contributed by atoms with Crippen LogP contribution in [0.5, 0.6) is 0 Å². The first-order valence-corrected chi connectivity index (χ1v) is 5.44. The van der Waals surface area contributed by atoms with Crippen molar-refractivity contribution in [2.24, 2.45) is 0 Å². The Bertz CT molecular complexity index is 400. The van der Waals surface area contributed by atoms with E-state index in [2.05, 4.69) is 10.6 Å². The Morgan fingerprint density at radius 2 is 2.38 bits per heavy atom. The third kappa shape index (κ3) is 2.39. The van der Waals surface area contributed by atoms with Gasteiger partial charge in [0.2, 0.25) is 0 Å². The van der Waals surface area contributed by atoms with Gasteiger partial charge < -0.3 is 10.6 Å². The lowest BCUT2D eigenvalue weighted by Crippen LogP contribution is -2.36. The van der Waals surface area contributed by atoms with Crippen molar-refractivity contribution in [2.45, 2.75) is 19.4 Å². The van der Waals surface area contributed by atoms with Crippen LogP contribution in [0.15, 0.2) is 18.2 Å². The summed E-state index contributed by atoms with van der Waals surface area (Å²) in [5.41, 5.74) is 0.939. The maximum atomic E-state index is 13.3. The molecule has 1 amide bonds. The molecule has 0 saturated carbocycles. The van der Waals surface area contributed by atoms with E-state index in [1.165, 1.54) is 6.07 Å². The van der Waals surface area contributed by atoms with Crippen LogP contribution in [0, 0.1) is 12.7 Å². The molecule has 1 saturated heterocycles. The van der Waals surface area contributed by atoms with Crippen molar-refractivity contribution in [3.8, 4) is 0 Å². The second kappa shape index (κ2) is 4.61. The lowest BCUT2D eigenvalue weighted by molar-refractivity contribution is 0.0939. The minimum absolute atomic E-state index is 0.164. The molecule has 1 fully saturated rings. The van der Waals surface area contributed by atoms with Crippen LogP contribution in [0.2, 0.25) is 0 Å². The molecular formula is C12H15FN2O. The number of hydrogen-bond acceptors (Lipinski definition) is 2. The number of hydrogen-bond donors (Lipinski definition) is 2. The molecule has 86 valence electrons. The molecule has 1 aliphatic rings. The highest BCUT2D eigenvalue weighted by Gasteiger charge is 2.17. The van der Waals surface area contributed by atoms with Crippen LogP contribution in [0.4, 0.5) is 4.39 Å². The van der Waals surface area contributed by atoms with E-state index in [0.717, 1.165) is 19.5 Å². The van der Waals surface area contributed by atoms with E-state index in [9.17, 15) is 9.18 Å². The SMILES string of the molecule is Cc1ccc(C(=O)N[C@@H]2CCNC2)cc1F. The van der Waals surface area contributed by atoms with Gasteiger partial charge in [-0.1, -0.05) is 6.07 Å². The highest BCUT2D eigenvalue weighted by atomic mass is 19.1. The van der Waals surface area contributed by atoms with Gasteiger partial charge in [0.15, 0.2) is 0 Å². The quantitative estimate of drug-likeness (QED) is 0.790. The number of carbonyl (C=O) groups excluding carboxylic acids is 1. The Morgan fingerprint density at radius 1 is 1.56 bits per heavy atom. The molecule has 1 aromatic carbocycles. The molecule has 1 aliphatic heterocycles. The van der Waals surface area contributed by atoms with E-state index in [1.807, 2.05) is 0 Å². The molecule has 2 N–H and O–H groups in total. The fourth-order valence-corrected chi connectivity index (χ4v) is 1.78. The second-order valence-corrected chi connectivity index (χ2v) is 4.13. The summed E-state index contributed by atoms with van der Waals surface area (Å²) in [6.07, 6.45) is 0.931. The summed E-state index contributed by atoms with van der Waals surface area (Å²) >= 11 is 0. The van der Waals surface area contributed by atoms with Crippen LogP contribution in [-0.2, 0) is 0 Å². The van der Waals surface area contributed by atoms with Crippen molar-refractivity contribution in [3.63, 3.8) is 0 Å². The Hall–Kier alpha value is -1.42. The molecule has 0 aliphatic carbocycles. The van der Waals surface area contributed by atoms with Crippen molar-refractivity contribution in [3.05, 3.63) is 35.1 Å². The highest BCUT2D eigenvalue weighted by molar-refractivity contribution is 5.94. The lowest BCUT2D eigenvalue weighted by Gasteiger charge is -2.11. The number of halogens is 1. The smallest absolute Gasteiger partial charge is 0.251 e. The molecule has 16 heavy (non-hydrogen) atoms. The van der Waals surface area contributed by atoms with E-state index in [1.54, 1.807) is 19.1 Å². The summed E-state index contributed by atoms with van der Waals surface area (Å²) in [6.45, 7) is 3.39. The van der Waals surface area contributed by atoms with E-state index in [-0.39, 0.29) is 17.8 Å². The minimum atomic E-state index is -0.336. The summed E-state index contributed by atoms with van der Waals surface area (Å²) in [5.74, 6) is -0.537. The Kier molecular flexibility index (Phi) is 3.19.